The molecule has 7 nitrogen and oxygen atoms in total. The maximum absolute atomic E-state index is 13.2. The van der Waals surface area contributed by atoms with Crippen molar-refractivity contribution in [2.24, 2.45) is 0 Å². The molecule has 0 aliphatic carbocycles. The zero-order valence-electron chi connectivity index (χ0n) is 13.8. The van der Waals surface area contributed by atoms with Gasteiger partial charge in [-0.25, -0.2) is 9.07 Å². The van der Waals surface area contributed by atoms with Crippen LogP contribution in [0.15, 0.2) is 48.8 Å². The first kappa shape index (κ1) is 16.2. The van der Waals surface area contributed by atoms with Crippen LogP contribution in [0.2, 0.25) is 0 Å². The minimum Gasteiger partial charge on any atom is -0.507 e. The molecule has 2 heterocycles. The number of carbonyl (C=O) groups excluding carboxylic acids is 1. The van der Waals surface area contributed by atoms with Crippen molar-refractivity contribution in [3.63, 3.8) is 0 Å². The lowest BCUT2D eigenvalue weighted by Gasteiger charge is -2.25. The highest BCUT2D eigenvalue weighted by Gasteiger charge is 2.31. The minimum absolute atomic E-state index is 0.123. The number of hydrogen-bond acceptors (Lipinski definition) is 5. The van der Waals surface area contributed by atoms with Crippen LogP contribution in [-0.2, 0) is 0 Å². The van der Waals surface area contributed by atoms with E-state index in [0.717, 1.165) is 18.4 Å². The van der Waals surface area contributed by atoms with Gasteiger partial charge in [0, 0.05) is 12.6 Å². The van der Waals surface area contributed by atoms with Crippen molar-refractivity contribution >= 4 is 5.91 Å². The van der Waals surface area contributed by atoms with Gasteiger partial charge >= 0.3 is 0 Å². The molecule has 1 aromatic heterocycles. The monoisotopic (exact) mass is 353 g/mol. The number of aromatic hydroxyl groups is 1. The van der Waals surface area contributed by atoms with Crippen LogP contribution in [0, 0.1) is 5.82 Å². The molecule has 8 heteroatoms. The molecule has 1 amide bonds. The van der Waals surface area contributed by atoms with Gasteiger partial charge in [-0.15, -0.1) is 5.10 Å². The van der Waals surface area contributed by atoms with Crippen molar-refractivity contribution in [3.05, 3.63) is 65.7 Å². The summed E-state index contributed by atoms with van der Waals surface area (Å²) in [6.07, 6.45) is 3.07. The molecule has 0 saturated carbocycles. The van der Waals surface area contributed by atoms with Gasteiger partial charge in [0.05, 0.1) is 17.3 Å². The van der Waals surface area contributed by atoms with Crippen LogP contribution in [0.3, 0.4) is 0 Å². The Morgan fingerprint density at radius 2 is 2.00 bits per heavy atom. The predicted molar refractivity (Wildman–Crippen MR) is 90.2 cm³/mol. The zero-order valence-corrected chi connectivity index (χ0v) is 13.8. The second-order valence-corrected chi connectivity index (χ2v) is 6.16. The van der Waals surface area contributed by atoms with Crippen LogP contribution in [0.4, 0.5) is 4.39 Å². The van der Waals surface area contributed by atoms with Gasteiger partial charge in [-0.05, 0) is 53.1 Å². The first-order chi connectivity index (χ1) is 12.6. The third-order valence-corrected chi connectivity index (χ3v) is 4.59. The third-order valence-electron chi connectivity index (χ3n) is 4.59. The molecular formula is C18H16FN5O2. The van der Waals surface area contributed by atoms with E-state index in [1.807, 2.05) is 0 Å². The standard InChI is InChI=1S/C18H16FN5O2/c19-13-5-3-12(4-6-13)16-2-1-9-23(16)18(26)15-8-7-14(10-17(15)25)24-11-20-21-22-24/h3-8,10-11,16,25H,1-2,9H2. The van der Waals surface area contributed by atoms with Gasteiger partial charge in [0.1, 0.15) is 17.9 Å². The average molecular weight is 353 g/mol. The van der Waals surface area contributed by atoms with Crippen LogP contribution in [0.5, 0.6) is 5.75 Å². The molecule has 1 aliphatic heterocycles. The fourth-order valence-electron chi connectivity index (χ4n) is 3.32. The van der Waals surface area contributed by atoms with Crippen LogP contribution < -0.4 is 0 Å². The van der Waals surface area contributed by atoms with E-state index < -0.39 is 0 Å². The van der Waals surface area contributed by atoms with Crippen molar-refractivity contribution in [1.29, 1.82) is 0 Å². The lowest BCUT2D eigenvalue weighted by atomic mass is 10.0. The molecule has 0 spiro atoms. The van der Waals surface area contributed by atoms with Crippen LogP contribution in [0.1, 0.15) is 34.8 Å². The number of phenols is 1. The van der Waals surface area contributed by atoms with E-state index in [-0.39, 0.29) is 29.1 Å². The zero-order chi connectivity index (χ0) is 18.1. The molecule has 1 saturated heterocycles. The van der Waals surface area contributed by atoms with Gasteiger partial charge in [-0.1, -0.05) is 12.1 Å². The number of amides is 1. The van der Waals surface area contributed by atoms with E-state index >= 15 is 0 Å². The van der Waals surface area contributed by atoms with Gasteiger partial charge in [0.2, 0.25) is 0 Å². The number of tetrazole rings is 1. The van der Waals surface area contributed by atoms with Crippen molar-refractivity contribution in [1.82, 2.24) is 25.1 Å². The summed E-state index contributed by atoms with van der Waals surface area (Å²) in [4.78, 5) is 14.7. The number of likely N-dealkylation sites (tertiary alicyclic amines) is 1. The first-order valence-corrected chi connectivity index (χ1v) is 8.26. The first-order valence-electron chi connectivity index (χ1n) is 8.26. The number of rotatable bonds is 3. The van der Waals surface area contributed by atoms with Crippen LogP contribution >= 0.6 is 0 Å². The van der Waals surface area contributed by atoms with Gasteiger partial charge in [-0.2, -0.15) is 0 Å². The molecule has 0 radical (unpaired) electrons. The van der Waals surface area contributed by atoms with Crippen molar-refractivity contribution in [2.75, 3.05) is 6.54 Å². The molecule has 3 aromatic rings. The summed E-state index contributed by atoms with van der Waals surface area (Å²) in [5.41, 5.74) is 1.67. The number of hydrogen-bond donors (Lipinski definition) is 1. The van der Waals surface area contributed by atoms with E-state index in [1.165, 1.54) is 29.2 Å². The lowest BCUT2D eigenvalue weighted by Crippen LogP contribution is -2.30. The molecule has 4 rings (SSSR count). The molecule has 1 unspecified atom stereocenters. The molecule has 26 heavy (non-hydrogen) atoms. The summed E-state index contributed by atoms with van der Waals surface area (Å²) in [6, 6.07) is 10.8. The van der Waals surface area contributed by atoms with E-state index in [2.05, 4.69) is 15.5 Å². The maximum Gasteiger partial charge on any atom is 0.258 e. The van der Waals surface area contributed by atoms with Gasteiger partial charge in [0.25, 0.3) is 5.91 Å². The number of nitrogens with zero attached hydrogens (tertiary/aromatic N) is 5. The highest BCUT2D eigenvalue weighted by Crippen LogP contribution is 2.34. The molecule has 1 N–H and O–H groups in total. The quantitative estimate of drug-likeness (QED) is 0.782. The normalized spacial score (nSPS) is 16.8. The SMILES string of the molecule is O=C(c1ccc(-n2cnnn2)cc1O)N1CCCC1c1ccc(F)cc1. The lowest BCUT2D eigenvalue weighted by molar-refractivity contribution is 0.0732. The Morgan fingerprint density at radius 1 is 1.19 bits per heavy atom. The Bertz CT molecular complexity index is 927. The largest absolute Gasteiger partial charge is 0.507 e. The van der Waals surface area contributed by atoms with Crippen LogP contribution in [-0.4, -0.2) is 42.7 Å². The number of carbonyl (C=O) groups is 1. The van der Waals surface area contributed by atoms with Crippen molar-refractivity contribution < 1.29 is 14.3 Å². The number of benzene rings is 2. The molecule has 0 bridgehead atoms. The van der Waals surface area contributed by atoms with Crippen LogP contribution in [0.25, 0.3) is 5.69 Å². The molecule has 2 aromatic carbocycles. The number of halogens is 1. The maximum atomic E-state index is 13.2. The van der Waals surface area contributed by atoms with Gasteiger partial charge in [0.15, 0.2) is 0 Å². The Morgan fingerprint density at radius 3 is 2.69 bits per heavy atom. The highest BCUT2D eigenvalue weighted by atomic mass is 19.1. The Labute approximate surface area is 148 Å². The van der Waals surface area contributed by atoms with Gasteiger partial charge in [-0.3, -0.25) is 4.79 Å². The fourth-order valence-corrected chi connectivity index (χ4v) is 3.32. The van der Waals surface area contributed by atoms with E-state index in [1.54, 1.807) is 29.2 Å². The third kappa shape index (κ3) is 2.90. The summed E-state index contributed by atoms with van der Waals surface area (Å²) in [5.74, 6) is -0.689. The molecule has 1 fully saturated rings. The van der Waals surface area contributed by atoms with Crippen molar-refractivity contribution in [3.8, 4) is 11.4 Å². The second-order valence-electron chi connectivity index (χ2n) is 6.16. The van der Waals surface area contributed by atoms with Crippen molar-refractivity contribution in [2.45, 2.75) is 18.9 Å². The minimum atomic E-state index is -0.305. The van der Waals surface area contributed by atoms with E-state index in [4.69, 9.17) is 0 Å². The topological polar surface area (TPSA) is 84.1 Å². The summed E-state index contributed by atoms with van der Waals surface area (Å²) >= 11 is 0. The van der Waals surface area contributed by atoms with E-state index in [0.29, 0.717) is 12.2 Å². The Balaban J connectivity index is 1.61. The van der Waals surface area contributed by atoms with Gasteiger partial charge < -0.3 is 10.0 Å². The molecule has 1 aliphatic rings. The molecule has 132 valence electrons. The highest BCUT2D eigenvalue weighted by molar-refractivity contribution is 5.97. The molecule has 1 atom stereocenters. The fraction of sp³-hybridized carbons (Fsp3) is 0.222. The average Bonchev–Trinajstić information content (AvgIpc) is 3.34. The summed E-state index contributed by atoms with van der Waals surface area (Å²) < 4.78 is 14.6. The molecular weight excluding hydrogens is 337 g/mol. The number of phenolic OH excluding ortho intramolecular Hbond substituents is 1. The Hall–Kier alpha value is -3.29. The summed E-state index contributed by atoms with van der Waals surface area (Å²) in [5, 5.41) is 21.2. The Kier molecular flexibility index (Phi) is 4.08. The van der Waals surface area contributed by atoms with E-state index in [9.17, 15) is 14.3 Å². The second kappa shape index (κ2) is 6.55. The predicted octanol–water partition coefficient (Wildman–Crippen LogP) is 2.48. The number of aromatic nitrogens is 4. The summed E-state index contributed by atoms with van der Waals surface area (Å²) in [6.45, 7) is 0.592. The summed E-state index contributed by atoms with van der Waals surface area (Å²) in [7, 11) is 0. The smallest absolute Gasteiger partial charge is 0.258 e.